The Kier molecular flexibility index (Phi) is 6.04. The molecule has 0 radical (unpaired) electrons. The van der Waals surface area contributed by atoms with Crippen LogP contribution in [-0.2, 0) is 10.0 Å². The zero-order valence-corrected chi connectivity index (χ0v) is 14.8. The van der Waals surface area contributed by atoms with Crippen LogP contribution in [0.3, 0.4) is 0 Å². The maximum absolute atomic E-state index is 12.5. The summed E-state index contributed by atoms with van der Waals surface area (Å²) in [7, 11) is -3.56. The second-order valence-electron chi connectivity index (χ2n) is 5.10. The molecule has 0 aliphatic carbocycles. The van der Waals surface area contributed by atoms with Crippen molar-refractivity contribution in [1.82, 2.24) is 4.72 Å². The lowest BCUT2D eigenvalue weighted by Crippen LogP contribution is -2.38. The first-order chi connectivity index (χ1) is 9.22. The topological polar surface area (TPSA) is 72.2 Å². The standard InChI is InChI=1S/C14H23BrN2O2S/c1-5-11(6-2)10(4)17-20(18,19)14-8-12(15)7-13(16)9(14)3/h7-8,10-11,17H,5-6,16H2,1-4H3. The molecule has 3 N–H and O–H groups in total. The number of nitrogens with one attached hydrogen (secondary N) is 1. The Morgan fingerprint density at radius 2 is 1.85 bits per heavy atom. The van der Waals surface area contributed by atoms with Crippen LogP contribution in [0, 0.1) is 12.8 Å². The number of nitrogen functional groups attached to an aromatic ring is 1. The monoisotopic (exact) mass is 362 g/mol. The van der Waals surface area contributed by atoms with E-state index in [1.54, 1.807) is 19.1 Å². The quantitative estimate of drug-likeness (QED) is 0.761. The van der Waals surface area contributed by atoms with Gasteiger partial charge in [-0.3, -0.25) is 0 Å². The summed E-state index contributed by atoms with van der Waals surface area (Å²) in [6, 6.07) is 3.20. The maximum atomic E-state index is 12.5. The maximum Gasteiger partial charge on any atom is 0.241 e. The van der Waals surface area contributed by atoms with E-state index >= 15 is 0 Å². The molecule has 0 spiro atoms. The normalized spacial score (nSPS) is 13.7. The molecule has 20 heavy (non-hydrogen) atoms. The van der Waals surface area contributed by atoms with Gasteiger partial charge in [0, 0.05) is 16.2 Å². The van der Waals surface area contributed by atoms with E-state index in [9.17, 15) is 8.42 Å². The third kappa shape index (κ3) is 3.96. The van der Waals surface area contributed by atoms with E-state index in [2.05, 4.69) is 34.5 Å². The van der Waals surface area contributed by atoms with Gasteiger partial charge in [-0.25, -0.2) is 13.1 Å². The minimum Gasteiger partial charge on any atom is -0.398 e. The number of sulfonamides is 1. The van der Waals surface area contributed by atoms with Crippen LogP contribution >= 0.6 is 15.9 Å². The molecule has 0 amide bonds. The van der Waals surface area contributed by atoms with E-state index in [-0.39, 0.29) is 10.9 Å². The van der Waals surface area contributed by atoms with Crippen LogP contribution in [-0.4, -0.2) is 14.5 Å². The first-order valence-electron chi connectivity index (χ1n) is 6.80. The van der Waals surface area contributed by atoms with E-state index in [0.29, 0.717) is 21.6 Å². The molecule has 0 aliphatic rings. The van der Waals surface area contributed by atoms with Gasteiger partial charge in [0.25, 0.3) is 0 Å². The molecule has 1 unspecified atom stereocenters. The minimum absolute atomic E-state index is 0.102. The molecule has 1 aromatic rings. The van der Waals surface area contributed by atoms with Crippen LogP contribution in [0.25, 0.3) is 0 Å². The van der Waals surface area contributed by atoms with E-state index in [4.69, 9.17) is 5.73 Å². The number of hydrogen-bond acceptors (Lipinski definition) is 3. The molecular formula is C14H23BrN2O2S. The lowest BCUT2D eigenvalue weighted by atomic mass is 9.96. The van der Waals surface area contributed by atoms with Gasteiger partial charge in [0.2, 0.25) is 10.0 Å². The fourth-order valence-corrected chi connectivity index (χ4v) is 4.59. The molecule has 0 fully saturated rings. The van der Waals surface area contributed by atoms with Gasteiger partial charge in [0.05, 0.1) is 4.90 Å². The number of anilines is 1. The van der Waals surface area contributed by atoms with Gasteiger partial charge in [-0.15, -0.1) is 0 Å². The van der Waals surface area contributed by atoms with Crippen molar-refractivity contribution in [1.29, 1.82) is 0 Å². The SMILES string of the molecule is CCC(CC)C(C)NS(=O)(=O)c1cc(Br)cc(N)c1C. The van der Waals surface area contributed by atoms with Crippen LogP contribution in [0.5, 0.6) is 0 Å². The summed E-state index contributed by atoms with van der Waals surface area (Å²) < 4.78 is 28.5. The van der Waals surface area contributed by atoms with Gasteiger partial charge in [-0.2, -0.15) is 0 Å². The van der Waals surface area contributed by atoms with Crippen LogP contribution in [0.2, 0.25) is 0 Å². The Morgan fingerprint density at radius 1 is 1.30 bits per heavy atom. The van der Waals surface area contributed by atoms with Gasteiger partial charge in [-0.1, -0.05) is 42.6 Å². The van der Waals surface area contributed by atoms with E-state index in [0.717, 1.165) is 12.8 Å². The summed E-state index contributed by atoms with van der Waals surface area (Å²) in [5.74, 6) is 0.328. The van der Waals surface area contributed by atoms with Crippen molar-refractivity contribution in [3.05, 3.63) is 22.2 Å². The molecule has 1 aromatic carbocycles. The van der Waals surface area contributed by atoms with Crippen molar-refractivity contribution >= 4 is 31.6 Å². The summed E-state index contributed by atoms with van der Waals surface area (Å²) in [5.41, 5.74) is 6.89. The number of halogens is 1. The van der Waals surface area contributed by atoms with Gasteiger partial charge in [-0.05, 0) is 37.5 Å². The zero-order chi connectivity index (χ0) is 15.5. The molecule has 6 heteroatoms. The summed E-state index contributed by atoms with van der Waals surface area (Å²) in [5, 5.41) is 0. The Morgan fingerprint density at radius 3 is 2.35 bits per heavy atom. The van der Waals surface area contributed by atoms with Gasteiger partial charge in [0.1, 0.15) is 0 Å². The van der Waals surface area contributed by atoms with Crippen molar-refractivity contribution in [3.63, 3.8) is 0 Å². The number of nitrogens with two attached hydrogens (primary N) is 1. The summed E-state index contributed by atoms with van der Waals surface area (Å²) in [6.07, 6.45) is 1.89. The Labute approximate surface area is 130 Å². The Hall–Kier alpha value is -0.590. The van der Waals surface area contributed by atoms with Crippen molar-refractivity contribution in [3.8, 4) is 0 Å². The third-order valence-corrected chi connectivity index (χ3v) is 5.89. The molecule has 0 aliphatic heterocycles. The van der Waals surface area contributed by atoms with E-state index in [1.165, 1.54) is 0 Å². The van der Waals surface area contributed by atoms with Crippen molar-refractivity contribution in [2.24, 2.45) is 5.92 Å². The predicted octanol–water partition coefficient (Wildman–Crippen LogP) is 3.44. The molecule has 0 saturated heterocycles. The lowest BCUT2D eigenvalue weighted by Gasteiger charge is -2.23. The number of benzene rings is 1. The predicted molar refractivity (Wildman–Crippen MR) is 87.1 cm³/mol. The molecule has 1 atom stereocenters. The first-order valence-corrected chi connectivity index (χ1v) is 9.08. The highest BCUT2D eigenvalue weighted by Gasteiger charge is 2.24. The third-order valence-electron chi connectivity index (χ3n) is 3.75. The van der Waals surface area contributed by atoms with E-state index in [1.807, 2.05) is 6.92 Å². The van der Waals surface area contributed by atoms with Crippen LogP contribution in [0.4, 0.5) is 5.69 Å². The number of hydrogen-bond donors (Lipinski definition) is 2. The molecule has 0 bridgehead atoms. The number of rotatable bonds is 6. The molecule has 1 rings (SSSR count). The van der Waals surface area contributed by atoms with Crippen molar-refractivity contribution in [2.45, 2.75) is 51.5 Å². The highest BCUT2D eigenvalue weighted by atomic mass is 79.9. The van der Waals surface area contributed by atoms with Crippen LogP contribution in [0.15, 0.2) is 21.5 Å². The second-order valence-corrected chi connectivity index (χ2v) is 7.70. The summed E-state index contributed by atoms with van der Waals surface area (Å²) >= 11 is 3.29. The lowest BCUT2D eigenvalue weighted by molar-refractivity contribution is 0.390. The highest BCUT2D eigenvalue weighted by Crippen LogP contribution is 2.27. The fraction of sp³-hybridized carbons (Fsp3) is 0.571. The van der Waals surface area contributed by atoms with Gasteiger partial charge >= 0.3 is 0 Å². The molecule has 4 nitrogen and oxygen atoms in total. The van der Waals surface area contributed by atoms with Crippen molar-refractivity contribution < 1.29 is 8.42 Å². The molecule has 0 aromatic heterocycles. The largest absolute Gasteiger partial charge is 0.398 e. The summed E-state index contributed by atoms with van der Waals surface area (Å²) in [4.78, 5) is 0.238. The van der Waals surface area contributed by atoms with E-state index < -0.39 is 10.0 Å². The molecule has 114 valence electrons. The van der Waals surface area contributed by atoms with Gasteiger partial charge in [0.15, 0.2) is 0 Å². The first kappa shape index (κ1) is 17.5. The highest BCUT2D eigenvalue weighted by molar-refractivity contribution is 9.10. The van der Waals surface area contributed by atoms with Crippen LogP contribution in [0.1, 0.15) is 39.2 Å². The average Bonchev–Trinajstić information content (AvgIpc) is 2.34. The fourth-order valence-electron chi connectivity index (χ4n) is 2.35. The summed E-state index contributed by atoms with van der Waals surface area (Å²) in [6.45, 7) is 7.77. The molecular weight excluding hydrogens is 340 g/mol. The molecule has 0 heterocycles. The minimum atomic E-state index is -3.56. The van der Waals surface area contributed by atoms with Crippen LogP contribution < -0.4 is 10.5 Å². The smallest absolute Gasteiger partial charge is 0.241 e. The average molecular weight is 363 g/mol. The Balaban J connectivity index is 3.12. The second kappa shape index (κ2) is 6.91. The zero-order valence-electron chi connectivity index (χ0n) is 12.4. The Bertz CT molecular complexity index is 569. The van der Waals surface area contributed by atoms with Gasteiger partial charge < -0.3 is 5.73 Å². The van der Waals surface area contributed by atoms with Crippen molar-refractivity contribution in [2.75, 3.05) is 5.73 Å². The molecule has 0 saturated carbocycles.